The third-order valence-electron chi connectivity index (χ3n) is 5.33. The molecule has 3 aromatic heterocycles. The van der Waals surface area contributed by atoms with Gasteiger partial charge in [-0.2, -0.15) is 13.2 Å². The maximum absolute atomic E-state index is 13.5. The van der Waals surface area contributed by atoms with Crippen LogP contribution in [0.4, 0.5) is 19.0 Å². The minimum absolute atomic E-state index is 0.137. The zero-order chi connectivity index (χ0) is 25.8. The Morgan fingerprint density at radius 3 is 2.21 bits per heavy atom. The maximum Gasteiger partial charge on any atom is 0.431 e. The average molecular weight is 522 g/mol. The fraction of sp³-hybridized carbons (Fsp3) is 0.421. The highest BCUT2D eigenvalue weighted by atomic mass is 32.2. The smallest absolute Gasteiger partial charge is 0.321 e. The second-order valence-electron chi connectivity index (χ2n) is 7.46. The van der Waals surface area contributed by atoms with Gasteiger partial charge in [0.05, 0.1) is 22.4 Å². The second-order valence-corrected chi connectivity index (χ2v) is 11.7. The molecule has 0 aliphatic carbocycles. The number of rotatable bonds is 6. The van der Waals surface area contributed by atoms with Crippen LogP contribution < -0.4 is 9.86 Å². The molecule has 0 aromatic carbocycles. The normalized spacial score (nSPS) is 12.9. The Labute approximate surface area is 193 Å². The van der Waals surface area contributed by atoms with Crippen molar-refractivity contribution in [1.29, 1.82) is 0 Å². The zero-order valence-electron chi connectivity index (χ0n) is 18.9. The lowest BCUT2D eigenvalue weighted by Crippen LogP contribution is -2.28. The van der Waals surface area contributed by atoms with Crippen molar-refractivity contribution in [1.82, 2.24) is 19.1 Å². The number of halogens is 3. The predicted molar refractivity (Wildman–Crippen MR) is 120 cm³/mol. The van der Waals surface area contributed by atoms with Gasteiger partial charge in [-0.1, -0.05) is 6.92 Å². The van der Waals surface area contributed by atoms with Crippen molar-refractivity contribution in [3.63, 3.8) is 0 Å². The number of fused-ring (bicyclic) bond motifs is 1. The lowest BCUT2D eigenvalue weighted by atomic mass is 10.3. The molecule has 3 aromatic rings. The predicted octanol–water partition coefficient (Wildman–Crippen LogP) is 2.03. The third kappa shape index (κ3) is 4.29. The number of aryl methyl sites for hydroxylation is 1. The minimum atomic E-state index is -4.83. The van der Waals surface area contributed by atoms with E-state index in [0.717, 1.165) is 21.2 Å². The molecule has 34 heavy (non-hydrogen) atoms. The minimum Gasteiger partial charge on any atom is -0.321 e. The van der Waals surface area contributed by atoms with Crippen molar-refractivity contribution >= 4 is 36.7 Å². The van der Waals surface area contributed by atoms with Crippen LogP contribution in [0.5, 0.6) is 0 Å². The Balaban J connectivity index is 2.46. The first-order chi connectivity index (χ1) is 15.5. The van der Waals surface area contributed by atoms with Gasteiger partial charge >= 0.3 is 6.18 Å². The molecule has 0 atom stereocenters. The van der Waals surface area contributed by atoms with Crippen LogP contribution in [0.15, 0.2) is 27.9 Å². The van der Waals surface area contributed by atoms with E-state index >= 15 is 0 Å². The number of aromatic nitrogens is 4. The molecule has 0 saturated carbocycles. The number of sulfone groups is 1. The summed E-state index contributed by atoms with van der Waals surface area (Å²) in [5, 5.41) is 0. The number of hydrogen-bond donors (Lipinski definition) is 0. The summed E-state index contributed by atoms with van der Waals surface area (Å²) in [5.74, 6) is -0.667. The van der Waals surface area contributed by atoms with Gasteiger partial charge in [0.1, 0.15) is 22.7 Å². The Bertz CT molecular complexity index is 1560. The van der Waals surface area contributed by atoms with Crippen molar-refractivity contribution in [2.45, 2.75) is 31.5 Å². The summed E-state index contributed by atoms with van der Waals surface area (Å²) in [6.45, 7) is 2.52. The van der Waals surface area contributed by atoms with E-state index in [4.69, 9.17) is 0 Å². The molecule has 3 heterocycles. The van der Waals surface area contributed by atoms with E-state index in [1.807, 2.05) is 0 Å². The maximum atomic E-state index is 13.5. The molecule has 3 rings (SSSR count). The SMILES string of the molecule is CCn1c(C(F)(F)F)cc2nc(-c3nc(N(C)S(C)(=O)=O)ccc3S(=O)(=O)CC)n(C)c2c1=O. The number of anilines is 1. The van der Waals surface area contributed by atoms with Crippen molar-refractivity contribution in [2.24, 2.45) is 7.05 Å². The molecule has 0 bridgehead atoms. The van der Waals surface area contributed by atoms with Crippen LogP contribution in [-0.4, -0.2) is 55.0 Å². The van der Waals surface area contributed by atoms with E-state index < -0.39 is 37.3 Å². The quantitative estimate of drug-likeness (QED) is 0.486. The molecule has 0 fully saturated rings. The van der Waals surface area contributed by atoms with Gasteiger partial charge in [0.2, 0.25) is 10.0 Å². The fourth-order valence-corrected chi connectivity index (χ4v) is 4.89. The van der Waals surface area contributed by atoms with Gasteiger partial charge < -0.3 is 9.13 Å². The Morgan fingerprint density at radius 2 is 1.71 bits per heavy atom. The Hall–Kier alpha value is -2.94. The molecule has 0 aliphatic rings. The number of nitrogens with zero attached hydrogens (tertiary/aromatic N) is 5. The van der Waals surface area contributed by atoms with E-state index in [1.54, 1.807) is 0 Å². The summed E-state index contributed by atoms with van der Waals surface area (Å²) in [4.78, 5) is 20.9. The first-order valence-corrected chi connectivity index (χ1v) is 13.4. The summed E-state index contributed by atoms with van der Waals surface area (Å²) in [5.41, 5.74) is -2.93. The highest BCUT2D eigenvalue weighted by Gasteiger charge is 2.36. The van der Waals surface area contributed by atoms with Gasteiger partial charge in [0.15, 0.2) is 15.7 Å². The lowest BCUT2D eigenvalue weighted by Gasteiger charge is -2.18. The summed E-state index contributed by atoms with van der Waals surface area (Å²) >= 11 is 0. The van der Waals surface area contributed by atoms with Crippen molar-refractivity contribution in [3.8, 4) is 11.5 Å². The number of imidazole rings is 1. The molecule has 0 N–H and O–H groups in total. The third-order valence-corrected chi connectivity index (χ3v) is 8.27. The van der Waals surface area contributed by atoms with Crippen LogP contribution in [0.25, 0.3) is 22.6 Å². The van der Waals surface area contributed by atoms with E-state index in [0.29, 0.717) is 10.6 Å². The van der Waals surface area contributed by atoms with E-state index in [9.17, 15) is 34.8 Å². The first kappa shape index (κ1) is 25.7. The van der Waals surface area contributed by atoms with Gasteiger partial charge in [-0.15, -0.1) is 0 Å². The number of pyridine rings is 2. The Kier molecular flexibility index (Phi) is 6.32. The van der Waals surface area contributed by atoms with E-state index in [1.165, 1.54) is 34.0 Å². The van der Waals surface area contributed by atoms with Crippen LogP contribution in [0, 0.1) is 0 Å². The van der Waals surface area contributed by atoms with Crippen molar-refractivity contribution < 1.29 is 30.0 Å². The van der Waals surface area contributed by atoms with Gasteiger partial charge in [0.25, 0.3) is 5.56 Å². The molecule has 15 heteroatoms. The monoisotopic (exact) mass is 521 g/mol. The molecule has 0 aliphatic heterocycles. The van der Waals surface area contributed by atoms with E-state index in [-0.39, 0.29) is 45.6 Å². The van der Waals surface area contributed by atoms with Crippen LogP contribution in [-0.2, 0) is 39.6 Å². The molecule has 0 radical (unpaired) electrons. The standard InChI is InChI=1S/C19H22F3N5O5S2/c1-6-27-13(19(20,21)22)10-11-16(18(27)28)25(3)17(23-11)15-12(34(31,32)7-2)8-9-14(24-15)26(4)33(5,29)30/h8-10H,6-7H2,1-5H3. The molecule has 0 spiro atoms. The number of hydrogen-bond acceptors (Lipinski definition) is 7. The van der Waals surface area contributed by atoms with Gasteiger partial charge in [0, 0.05) is 20.6 Å². The van der Waals surface area contributed by atoms with Gasteiger partial charge in [-0.05, 0) is 25.1 Å². The highest BCUT2D eigenvalue weighted by molar-refractivity contribution is 7.92. The molecule has 0 unspecified atom stereocenters. The topological polar surface area (TPSA) is 124 Å². The van der Waals surface area contributed by atoms with Crippen LogP contribution >= 0.6 is 0 Å². The number of sulfonamides is 1. The highest BCUT2D eigenvalue weighted by Crippen LogP contribution is 2.33. The largest absolute Gasteiger partial charge is 0.431 e. The molecule has 0 amide bonds. The van der Waals surface area contributed by atoms with Crippen LogP contribution in [0.2, 0.25) is 0 Å². The molecule has 186 valence electrons. The van der Waals surface area contributed by atoms with Crippen LogP contribution in [0.1, 0.15) is 19.5 Å². The summed E-state index contributed by atoms with van der Waals surface area (Å²) < 4.78 is 92.6. The van der Waals surface area contributed by atoms with Gasteiger partial charge in [-0.3, -0.25) is 9.10 Å². The Morgan fingerprint density at radius 1 is 1.09 bits per heavy atom. The first-order valence-electron chi connectivity index (χ1n) is 9.90. The molecular formula is C19H22F3N5O5S2. The fourth-order valence-electron chi connectivity index (χ4n) is 3.43. The summed E-state index contributed by atoms with van der Waals surface area (Å²) in [6.07, 6.45) is -3.90. The summed E-state index contributed by atoms with van der Waals surface area (Å²) in [7, 11) is -5.12. The molecule has 0 saturated heterocycles. The second kappa shape index (κ2) is 8.37. The van der Waals surface area contributed by atoms with Crippen LogP contribution in [0.3, 0.4) is 0 Å². The number of alkyl halides is 3. The average Bonchev–Trinajstić information content (AvgIpc) is 3.08. The van der Waals surface area contributed by atoms with Crippen molar-refractivity contribution in [3.05, 3.63) is 34.2 Å². The van der Waals surface area contributed by atoms with Gasteiger partial charge in [-0.25, -0.2) is 26.8 Å². The zero-order valence-corrected chi connectivity index (χ0v) is 20.5. The molecule has 10 nitrogen and oxygen atoms in total. The van der Waals surface area contributed by atoms with E-state index in [2.05, 4.69) is 9.97 Å². The van der Waals surface area contributed by atoms with Crippen molar-refractivity contribution in [2.75, 3.05) is 23.4 Å². The summed E-state index contributed by atoms with van der Waals surface area (Å²) in [6, 6.07) is 3.06. The lowest BCUT2D eigenvalue weighted by molar-refractivity contribution is -0.144. The molecular weight excluding hydrogens is 499 g/mol.